The number of nitrogens with zero attached hydrogens (tertiary/aromatic N) is 1. The van der Waals surface area contributed by atoms with Crippen LogP contribution in [0.15, 0.2) is 18.2 Å². The van der Waals surface area contributed by atoms with Gasteiger partial charge in [0.15, 0.2) is 6.29 Å². The summed E-state index contributed by atoms with van der Waals surface area (Å²) in [5.74, 6) is -1.93. The van der Waals surface area contributed by atoms with Crippen LogP contribution in [0.5, 0.6) is 0 Å². The zero-order valence-corrected chi connectivity index (χ0v) is 11.4. The Kier molecular flexibility index (Phi) is 4.46. The van der Waals surface area contributed by atoms with E-state index in [1.807, 2.05) is 13.8 Å². The lowest BCUT2D eigenvalue weighted by atomic mass is 10.1. The van der Waals surface area contributed by atoms with Crippen LogP contribution in [0, 0.1) is 5.82 Å². The predicted molar refractivity (Wildman–Crippen MR) is 70.1 cm³/mol. The third-order valence-electron chi connectivity index (χ3n) is 2.97. The summed E-state index contributed by atoms with van der Waals surface area (Å²) in [6.07, 6.45) is -0.613. The SMILES string of the molecule is CCOC(CN1C(=O)C(=O)c2cc(F)ccc21)OCC. The van der Waals surface area contributed by atoms with Gasteiger partial charge >= 0.3 is 0 Å². The number of hydrogen-bond donors (Lipinski definition) is 0. The van der Waals surface area contributed by atoms with Crippen molar-refractivity contribution in [2.24, 2.45) is 0 Å². The smallest absolute Gasteiger partial charge is 0.299 e. The Morgan fingerprint density at radius 3 is 2.45 bits per heavy atom. The predicted octanol–water partition coefficient (Wildman–Crippen LogP) is 1.75. The number of amides is 1. The van der Waals surface area contributed by atoms with E-state index in [9.17, 15) is 14.0 Å². The minimum Gasteiger partial charge on any atom is -0.351 e. The minimum atomic E-state index is -0.703. The molecule has 1 aromatic carbocycles. The molecule has 1 amide bonds. The molecule has 1 aromatic rings. The fourth-order valence-electron chi connectivity index (χ4n) is 2.13. The van der Waals surface area contributed by atoms with Crippen molar-refractivity contribution >= 4 is 17.4 Å². The summed E-state index contributed by atoms with van der Waals surface area (Å²) in [5.41, 5.74) is 0.479. The van der Waals surface area contributed by atoms with Gasteiger partial charge in [-0.3, -0.25) is 14.5 Å². The van der Waals surface area contributed by atoms with Crippen LogP contribution in [0.25, 0.3) is 0 Å². The third-order valence-corrected chi connectivity index (χ3v) is 2.97. The van der Waals surface area contributed by atoms with Crippen LogP contribution in [0.1, 0.15) is 24.2 Å². The van der Waals surface area contributed by atoms with Gasteiger partial charge in [-0.2, -0.15) is 0 Å². The molecule has 0 fully saturated rings. The molecule has 20 heavy (non-hydrogen) atoms. The van der Waals surface area contributed by atoms with E-state index in [1.165, 1.54) is 17.0 Å². The second-order valence-corrected chi connectivity index (χ2v) is 4.25. The lowest BCUT2D eigenvalue weighted by molar-refractivity contribution is -0.134. The molecule has 2 rings (SSSR count). The van der Waals surface area contributed by atoms with Gasteiger partial charge in [0.1, 0.15) is 5.82 Å². The van der Waals surface area contributed by atoms with Gasteiger partial charge in [-0.1, -0.05) is 0 Å². The van der Waals surface area contributed by atoms with E-state index in [-0.39, 0.29) is 12.1 Å². The van der Waals surface area contributed by atoms with Gasteiger partial charge in [0.2, 0.25) is 0 Å². The molecule has 0 bridgehead atoms. The Balaban J connectivity index is 2.24. The highest BCUT2D eigenvalue weighted by Gasteiger charge is 2.37. The van der Waals surface area contributed by atoms with E-state index in [0.717, 1.165) is 6.07 Å². The fraction of sp³-hybridized carbons (Fsp3) is 0.429. The molecule has 1 aliphatic heterocycles. The average molecular weight is 281 g/mol. The molecule has 0 N–H and O–H groups in total. The second kappa shape index (κ2) is 6.11. The number of fused-ring (bicyclic) bond motifs is 1. The highest BCUT2D eigenvalue weighted by atomic mass is 19.1. The zero-order valence-electron chi connectivity index (χ0n) is 11.4. The molecule has 0 unspecified atom stereocenters. The fourth-order valence-corrected chi connectivity index (χ4v) is 2.13. The number of halogens is 1. The van der Waals surface area contributed by atoms with Crippen LogP contribution < -0.4 is 4.90 Å². The molecular formula is C14H16FNO4. The van der Waals surface area contributed by atoms with E-state index in [2.05, 4.69) is 0 Å². The Morgan fingerprint density at radius 1 is 1.20 bits per heavy atom. The van der Waals surface area contributed by atoms with E-state index >= 15 is 0 Å². The first-order valence-electron chi connectivity index (χ1n) is 6.47. The summed E-state index contributed by atoms with van der Waals surface area (Å²) in [6.45, 7) is 4.58. The average Bonchev–Trinajstić information content (AvgIpc) is 2.64. The van der Waals surface area contributed by atoms with E-state index in [4.69, 9.17) is 9.47 Å². The lowest BCUT2D eigenvalue weighted by Gasteiger charge is -2.23. The summed E-state index contributed by atoms with van der Waals surface area (Å²) in [4.78, 5) is 25.0. The summed E-state index contributed by atoms with van der Waals surface area (Å²) in [7, 11) is 0. The van der Waals surface area contributed by atoms with E-state index in [1.54, 1.807) is 0 Å². The first-order chi connectivity index (χ1) is 9.58. The Bertz CT molecular complexity index is 526. The van der Waals surface area contributed by atoms with Crippen LogP contribution >= 0.6 is 0 Å². The highest BCUT2D eigenvalue weighted by molar-refractivity contribution is 6.52. The van der Waals surface area contributed by atoms with Crippen LogP contribution in [0.4, 0.5) is 10.1 Å². The van der Waals surface area contributed by atoms with Crippen molar-refractivity contribution in [2.45, 2.75) is 20.1 Å². The first-order valence-corrected chi connectivity index (χ1v) is 6.47. The van der Waals surface area contributed by atoms with Gasteiger partial charge in [0, 0.05) is 13.2 Å². The molecule has 0 atom stereocenters. The topological polar surface area (TPSA) is 55.8 Å². The molecule has 0 spiro atoms. The number of carbonyl (C=O) groups excluding carboxylic acids is 2. The molecule has 0 aliphatic carbocycles. The monoisotopic (exact) mass is 281 g/mol. The van der Waals surface area contributed by atoms with Crippen molar-refractivity contribution in [3.63, 3.8) is 0 Å². The molecule has 108 valence electrons. The van der Waals surface area contributed by atoms with Crippen molar-refractivity contribution in [3.8, 4) is 0 Å². The normalized spacial score (nSPS) is 14.3. The van der Waals surface area contributed by atoms with E-state index in [0.29, 0.717) is 18.9 Å². The van der Waals surface area contributed by atoms with Gasteiger partial charge in [-0.15, -0.1) is 0 Å². The van der Waals surface area contributed by atoms with E-state index < -0.39 is 23.8 Å². The van der Waals surface area contributed by atoms with Gasteiger partial charge in [0.05, 0.1) is 17.8 Å². The van der Waals surface area contributed by atoms with Crippen LogP contribution in [0.2, 0.25) is 0 Å². The van der Waals surface area contributed by atoms with Crippen molar-refractivity contribution in [1.29, 1.82) is 0 Å². The maximum atomic E-state index is 13.2. The van der Waals surface area contributed by atoms with Crippen molar-refractivity contribution in [2.75, 3.05) is 24.7 Å². The van der Waals surface area contributed by atoms with Crippen LogP contribution in [-0.2, 0) is 14.3 Å². The number of hydrogen-bond acceptors (Lipinski definition) is 4. The molecule has 0 saturated heterocycles. The van der Waals surface area contributed by atoms with Gasteiger partial charge < -0.3 is 9.47 Å². The molecular weight excluding hydrogens is 265 g/mol. The molecule has 1 heterocycles. The standard InChI is InChI=1S/C14H16FNO4/c1-3-19-12(20-4-2)8-16-11-6-5-9(15)7-10(11)13(17)14(16)18/h5-7,12H,3-4,8H2,1-2H3. The molecule has 5 nitrogen and oxygen atoms in total. The van der Waals surface area contributed by atoms with Crippen LogP contribution in [0.3, 0.4) is 0 Å². The Labute approximate surface area is 116 Å². The number of benzene rings is 1. The maximum Gasteiger partial charge on any atom is 0.299 e. The van der Waals surface area contributed by atoms with Crippen LogP contribution in [-0.4, -0.2) is 37.7 Å². The second-order valence-electron chi connectivity index (χ2n) is 4.25. The molecule has 1 aliphatic rings. The summed E-state index contributed by atoms with van der Waals surface area (Å²) in [6, 6.07) is 3.71. The summed E-state index contributed by atoms with van der Waals surface area (Å²) < 4.78 is 23.9. The quantitative estimate of drug-likeness (QED) is 0.589. The maximum absolute atomic E-state index is 13.2. The Hall–Kier alpha value is -1.79. The zero-order chi connectivity index (χ0) is 14.7. The van der Waals surface area contributed by atoms with Crippen molar-refractivity contribution in [3.05, 3.63) is 29.6 Å². The number of Topliss-reactive ketones (excluding diaryl/α,β-unsaturated/α-hetero) is 1. The molecule has 6 heteroatoms. The van der Waals surface area contributed by atoms with Crippen molar-refractivity contribution < 1.29 is 23.5 Å². The number of rotatable bonds is 6. The molecule has 0 radical (unpaired) electrons. The number of ether oxygens (including phenoxy) is 2. The summed E-state index contributed by atoms with van der Waals surface area (Å²) >= 11 is 0. The first kappa shape index (κ1) is 14.6. The third kappa shape index (κ3) is 2.71. The minimum absolute atomic E-state index is 0.0850. The summed E-state index contributed by atoms with van der Waals surface area (Å²) in [5, 5.41) is 0. The van der Waals surface area contributed by atoms with Gasteiger partial charge in [-0.25, -0.2) is 4.39 Å². The number of carbonyl (C=O) groups is 2. The van der Waals surface area contributed by atoms with Crippen molar-refractivity contribution in [1.82, 2.24) is 0 Å². The molecule has 0 aromatic heterocycles. The highest BCUT2D eigenvalue weighted by Crippen LogP contribution is 2.29. The number of ketones is 1. The lowest BCUT2D eigenvalue weighted by Crippen LogP contribution is -2.39. The largest absolute Gasteiger partial charge is 0.351 e. The molecule has 0 saturated carbocycles. The van der Waals surface area contributed by atoms with Gasteiger partial charge in [0.25, 0.3) is 11.7 Å². The number of anilines is 1. The Morgan fingerprint density at radius 2 is 1.85 bits per heavy atom. The van der Waals surface area contributed by atoms with Gasteiger partial charge in [-0.05, 0) is 32.0 Å².